The Hall–Kier alpha value is -2.24. The van der Waals surface area contributed by atoms with E-state index in [1.54, 1.807) is 11.3 Å². The fourth-order valence-corrected chi connectivity index (χ4v) is 3.32. The molecule has 4 nitrogen and oxygen atoms in total. The van der Waals surface area contributed by atoms with Crippen LogP contribution in [0.3, 0.4) is 0 Å². The number of pyridine rings is 1. The quantitative estimate of drug-likeness (QED) is 0.557. The minimum Gasteiger partial charge on any atom is -0.370 e. The van der Waals surface area contributed by atoms with Crippen molar-refractivity contribution in [3.05, 3.63) is 65.3 Å². The average Bonchev–Trinajstić information content (AvgIpc) is 3.11. The highest BCUT2D eigenvalue weighted by Gasteiger charge is 2.04. The molecule has 0 spiro atoms. The first-order valence-corrected chi connectivity index (χ1v) is 9.56. The van der Waals surface area contributed by atoms with Crippen LogP contribution in [0.4, 0.5) is 5.82 Å². The summed E-state index contributed by atoms with van der Waals surface area (Å²) in [6, 6.07) is 14.5. The third kappa shape index (κ3) is 5.66. The Morgan fingerprint density at radius 2 is 1.84 bits per heavy atom. The largest absolute Gasteiger partial charge is 0.370 e. The molecule has 25 heavy (non-hydrogen) atoms. The summed E-state index contributed by atoms with van der Waals surface area (Å²) in [6.45, 7) is 4.89. The van der Waals surface area contributed by atoms with Gasteiger partial charge in [-0.2, -0.15) is 0 Å². The molecular formula is C20H24N4S. The Morgan fingerprint density at radius 3 is 2.64 bits per heavy atom. The van der Waals surface area contributed by atoms with Crippen LogP contribution in [0.1, 0.15) is 24.1 Å². The van der Waals surface area contributed by atoms with Crippen LogP contribution >= 0.6 is 11.3 Å². The number of aromatic nitrogens is 2. The van der Waals surface area contributed by atoms with Gasteiger partial charge >= 0.3 is 0 Å². The summed E-state index contributed by atoms with van der Waals surface area (Å²) < 4.78 is 0. The molecule has 5 heteroatoms. The van der Waals surface area contributed by atoms with Crippen LogP contribution < -0.4 is 10.6 Å². The van der Waals surface area contributed by atoms with Gasteiger partial charge in [0.05, 0.1) is 5.69 Å². The molecule has 0 saturated heterocycles. The third-order valence-electron chi connectivity index (χ3n) is 3.91. The number of nitrogens with one attached hydrogen (secondary N) is 2. The van der Waals surface area contributed by atoms with E-state index in [2.05, 4.69) is 52.2 Å². The van der Waals surface area contributed by atoms with Crippen molar-refractivity contribution >= 4 is 17.2 Å². The fourth-order valence-electron chi connectivity index (χ4n) is 2.49. The highest BCUT2D eigenvalue weighted by Crippen LogP contribution is 2.23. The van der Waals surface area contributed by atoms with Crippen molar-refractivity contribution in [2.75, 3.05) is 18.4 Å². The minimum atomic E-state index is 0.829. The van der Waals surface area contributed by atoms with Crippen molar-refractivity contribution < 1.29 is 0 Å². The molecule has 0 unspecified atom stereocenters. The maximum atomic E-state index is 4.72. The number of hydrogen-bond donors (Lipinski definition) is 2. The van der Waals surface area contributed by atoms with Crippen LogP contribution in [-0.4, -0.2) is 23.1 Å². The molecule has 0 aliphatic rings. The van der Waals surface area contributed by atoms with Crippen LogP contribution in [0.5, 0.6) is 0 Å². The first-order chi connectivity index (χ1) is 12.3. The molecule has 0 radical (unpaired) electrons. The second-order valence-corrected chi connectivity index (χ2v) is 6.89. The molecule has 0 amide bonds. The lowest BCUT2D eigenvalue weighted by atomic mass is 10.2. The molecule has 0 bridgehead atoms. The second-order valence-electron chi connectivity index (χ2n) is 6.04. The van der Waals surface area contributed by atoms with E-state index in [0.29, 0.717) is 0 Å². The number of hydrogen-bond acceptors (Lipinski definition) is 5. The molecule has 0 aliphatic carbocycles. The van der Waals surface area contributed by atoms with Crippen molar-refractivity contribution in [2.45, 2.75) is 26.3 Å². The molecule has 0 saturated carbocycles. The maximum Gasteiger partial charge on any atom is 0.125 e. The van der Waals surface area contributed by atoms with E-state index in [9.17, 15) is 0 Å². The summed E-state index contributed by atoms with van der Waals surface area (Å²) in [5.74, 6) is 0.946. The average molecular weight is 353 g/mol. The molecule has 2 heterocycles. The summed E-state index contributed by atoms with van der Waals surface area (Å²) >= 11 is 1.71. The van der Waals surface area contributed by atoms with E-state index < -0.39 is 0 Å². The molecular weight excluding hydrogens is 328 g/mol. The maximum absolute atomic E-state index is 4.72. The zero-order chi connectivity index (χ0) is 17.3. The molecule has 0 fully saturated rings. The van der Waals surface area contributed by atoms with Crippen LogP contribution in [0, 0.1) is 6.92 Å². The molecule has 0 aliphatic heterocycles. The number of unbranched alkanes of at least 4 members (excludes halogenated alkanes) is 1. The van der Waals surface area contributed by atoms with Crippen LogP contribution in [-0.2, 0) is 6.54 Å². The van der Waals surface area contributed by atoms with Gasteiger partial charge < -0.3 is 10.6 Å². The van der Waals surface area contributed by atoms with Crippen LogP contribution in [0.25, 0.3) is 10.6 Å². The Labute approximate surface area is 153 Å². The molecule has 130 valence electrons. The highest BCUT2D eigenvalue weighted by molar-refractivity contribution is 7.13. The number of anilines is 1. The Balaban J connectivity index is 1.32. The lowest BCUT2D eigenvalue weighted by Crippen LogP contribution is -2.16. The standard InChI is InChI=1S/C20H24N4S/c1-16-7-9-17(10-8-16)20-24-18(15-25-20)14-21-11-4-5-13-23-19-6-2-3-12-22-19/h2-3,6-10,12,15,21H,4-5,11,13-14H2,1H3,(H,22,23). The predicted octanol–water partition coefficient (Wildman–Crippen LogP) is 4.50. The lowest BCUT2D eigenvalue weighted by molar-refractivity contribution is 0.627. The second kappa shape index (κ2) is 9.30. The highest BCUT2D eigenvalue weighted by atomic mass is 32.1. The van der Waals surface area contributed by atoms with E-state index in [1.807, 2.05) is 24.4 Å². The van der Waals surface area contributed by atoms with Crippen LogP contribution in [0.15, 0.2) is 54.0 Å². The Bertz CT molecular complexity index is 753. The van der Waals surface area contributed by atoms with Crippen molar-refractivity contribution in [3.8, 4) is 10.6 Å². The zero-order valence-corrected chi connectivity index (χ0v) is 15.4. The SMILES string of the molecule is Cc1ccc(-c2nc(CNCCCCNc3ccccn3)cs2)cc1. The van der Waals surface area contributed by atoms with Gasteiger partial charge in [-0.1, -0.05) is 35.9 Å². The van der Waals surface area contributed by atoms with Gasteiger partial charge in [0.1, 0.15) is 10.8 Å². The molecule has 3 rings (SSSR count). The fraction of sp³-hybridized carbons (Fsp3) is 0.300. The number of aryl methyl sites for hydroxylation is 1. The molecule has 1 aromatic carbocycles. The number of thiazole rings is 1. The first kappa shape index (κ1) is 17.6. The van der Waals surface area contributed by atoms with E-state index in [1.165, 1.54) is 11.1 Å². The Kier molecular flexibility index (Phi) is 6.54. The monoisotopic (exact) mass is 352 g/mol. The smallest absolute Gasteiger partial charge is 0.125 e. The normalized spacial score (nSPS) is 10.8. The number of nitrogens with zero attached hydrogens (tertiary/aromatic N) is 2. The van der Waals surface area contributed by atoms with Crippen molar-refractivity contribution in [3.63, 3.8) is 0 Å². The Morgan fingerprint density at radius 1 is 1.00 bits per heavy atom. The van der Waals surface area contributed by atoms with Gasteiger partial charge in [-0.25, -0.2) is 9.97 Å². The van der Waals surface area contributed by atoms with E-state index >= 15 is 0 Å². The van der Waals surface area contributed by atoms with Gasteiger partial charge in [-0.05, 0) is 38.4 Å². The zero-order valence-electron chi connectivity index (χ0n) is 14.5. The summed E-state index contributed by atoms with van der Waals surface area (Å²) in [5.41, 5.74) is 3.59. The topological polar surface area (TPSA) is 49.8 Å². The van der Waals surface area contributed by atoms with Gasteiger partial charge in [0.15, 0.2) is 0 Å². The first-order valence-electron chi connectivity index (χ1n) is 8.68. The van der Waals surface area contributed by atoms with Gasteiger partial charge in [-0.3, -0.25) is 0 Å². The number of rotatable bonds is 9. The summed E-state index contributed by atoms with van der Waals surface area (Å²) in [6.07, 6.45) is 4.06. The van der Waals surface area contributed by atoms with Crippen LogP contribution in [0.2, 0.25) is 0 Å². The van der Waals surface area contributed by atoms with Crippen molar-refractivity contribution in [2.24, 2.45) is 0 Å². The molecule has 2 N–H and O–H groups in total. The van der Waals surface area contributed by atoms with Gasteiger partial charge in [0.2, 0.25) is 0 Å². The molecule has 2 aromatic heterocycles. The molecule has 3 aromatic rings. The van der Waals surface area contributed by atoms with E-state index in [4.69, 9.17) is 4.98 Å². The van der Waals surface area contributed by atoms with E-state index in [-0.39, 0.29) is 0 Å². The summed E-state index contributed by atoms with van der Waals surface area (Å²) in [7, 11) is 0. The summed E-state index contributed by atoms with van der Waals surface area (Å²) in [4.78, 5) is 8.97. The van der Waals surface area contributed by atoms with Crippen molar-refractivity contribution in [1.29, 1.82) is 0 Å². The predicted molar refractivity (Wildman–Crippen MR) is 106 cm³/mol. The lowest BCUT2D eigenvalue weighted by Gasteiger charge is -2.05. The third-order valence-corrected chi connectivity index (χ3v) is 4.85. The van der Waals surface area contributed by atoms with E-state index in [0.717, 1.165) is 49.0 Å². The van der Waals surface area contributed by atoms with Crippen molar-refractivity contribution in [1.82, 2.24) is 15.3 Å². The van der Waals surface area contributed by atoms with Gasteiger partial charge in [-0.15, -0.1) is 11.3 Å². The number of benzene rings is 1. The minimum absolute atomic E-state index is 0.829. The van der Waals surface area contributed by atoms with Gasteiger partial charge in [0, 0.05) is 30.2 Å². The summed E-state index contributed by atoms with van der Waals surface area (Å²) in [5, 5.41) is 10.0. The molecule has 0 atom stereocenters. The van der Waals surface area contributed by atoms with Gasteiger partial charge in [0.25, 0.3) is 0 Å².